The van der Waals surface area contributed by atoms with Crippen molar-refractivity contribution in [3.05, 3.63) is 47.0 Å². The number of hydrogen-bond acceptors (Lipinski definition) is 6. The molecule has 1 aliphatic rings. The summed E-state index contributed by atoms with van der Waals surface area (Å²) in [6, 6.07) is 9.68. The van der Waals surface area contributed by atoms with E-state index in [1.165, 1.54) is 22.5 Å². The van der Waals surface area contributed by atoms with Crippen LogP contribution in [0.2, 0.25) is 5.02 Å². The van der Waals surface area contributed by atoms with Crippen LogP contribution in [0.4, 0.5) is 0 Å². The Morgan fingerprint density at radius 1 is 1.13 bits per heavy atom. The minimum Gasteiger partial charge on any atom is -0.482 e. The second kappa shape index (κ2) is 9.55. The number of carbonyl (C=O) groups is 1. The topological polar surface area (TPSA) is 94.2 Å². The van der Waals surface area contributed by atoms with Crippen molar-refractivity contribution in [1.82, 2.24) is 9.62 Å². The first-order valence-electron chi connectivity index (χ1n) is 9.42. The maximum atomic E-state index is 12.9. The van der Waals surface area contributed by atoms with E-state index in [0.717, 1.165) is 5.56 Å². The number of rotatable bonds is 9. The molecule has 1 aliphatic heterocycles. The average molecular weight is 455 g/mol. The van der Waals surface area contributed by atoms with Gasteiger partial charge in [-0.3, -0.25) is 4.79 Å². The van der Waals surface area contributed by atoms with Crippen LogP contribution in [0.15, 0.2) is 41.3 Å². The molecule has 3 rings (SSSR count). The highest BCUT2D eigenvalue weighted by Crippen LogP contribution is 2.32. The SMILES string of the molecule is CCN(CC)S(=O)(=O)c1cc(Cl)ccc1OCC(=O)NCc1ccc2c(c1)OCO2. The predicted molar refractivity (Wildman–Crippen MR) is 111 cm³/mol. The van der Waals surface area contributed by atoms with Gasteiger partial charge >= 0.3 is 0 Å². The van der Waals surface area contributed by atoms with E-state index in [2.05, 4.69) is 5.32 Å². The van der Waals surface area contributed by atoms with Gasteiger partial charge in [-0.2, -0.15) is 4.31 Å². The van der Waals surface area contributed by atoms with Crippen molar-refractivity contribution >= 4 is 27.5 Å². The Morgan fingerprint density at radius 2 is 1.87 bits per heavy atom. The van der Waals surface area contributed by atoms with E-state index < -0.39 is 15.9 Å². The van der Waals surface area contributed by atoms with Gasteiger partial charge in [-0.25, -0.2) is 8.42 Å². The summed E-state index contributed by atoms with van der Waals surface area (Å²) >= 11 is 6.00. The van der Waals surface area contributed by atoms with E-state index in [0.29, 0.717) is 24.6 Å². The Kier molecular flexibility index (Phi) is 7.06. The third kappa shape index (κ3) is 4.97. The van der Waals surface area contributed by atoms with Crippen LogP contribution in [0, 0.1) is 0 Å². The van der Waals surface area contributed by atoms with Crippen molar-refractivity contribution in [1.29, 1.82) is 0 Å². The molecule has 1 heterocycles. The standard InChI is InChI=1S/C20H23ClN2O6S/c1-3-23(4-2)30(25,26)19-10-15(21)6-8-17(19)27-12-20(24)22-11-14-5-7-16-18(9-14)29-13-28-16/h5-10H,3-4,11-13H2,1-2H3,(H,22,24). The van der Waals surface area contributed by atoms with E-state index >= 15 is 0 Å². The normalized spacial score (nSPS) is 12.8. The van der Waals surface area contributed by atoms with Gasteiger partial charge in [-0.15, -0.1) is 0 Å². The Morgan fingerprint density at radius 3 is 2.60 bits per heavy atom. The first-order valence-corrected chi connectivity index (χ1v) is 11.2. The molecule has 1 N–H and O–H groups in total. The van der Waals surface area contributed by atoms with Gasteiger partial charge in [0.25, 0.3) is 5.91 Å². The summed E-state index contributed by atoms with van der Waals surface area (Å²) in [5, 5.41) is 2.99. The Bertz CT molecular complexity index is 1020. The molecule has 162 valence electrons. The number of nitrogens with one attached hydrogen (secondary N) is 1. The maximum Gasteiger partial charge on any atom is 0.258 e. The molecule has 0 fully saturated rings. The average Bonchev–Trinajstić information content (AvgIpc) is 3.20. The summed E-state index contributed by atoms with van der Waals surface area (Å²) in [7, 11) is -3.80. The summed E-state index contributed by atoms with van der Waals surface area (Å²) in [4.78, 5) is 12.2. The Balaban J connectivity index is 1.64. The van der Waals surface area contributed by atoms with E-state index in [4.69, 9.17) is 25.8 Å². The van der Waals surface area contributed by atoms with Gasteiger partial charge in [-0.1, -0.05) is 31.5 Å². The van der Waals surface area contributed by atoms with Crippen LogP contribution in [-0.4, -0.2) is 45.1 Å². The highest BCUT2D eigenvalue weighted by atomic mass is 35.5. The number of sulfonamides is 1. The van der Waals surface area contributed by atoms with Gasteiger partial charge < -0.3 is 19.5 Å². The number of hydrogen-bond donors (Lipinski definition) is 1. The van der Waals surface area contributed by atoms with Crippen LogP contribution in [-0.2, 0) is 21.4 Å². The second-order valence-electron chi connectivity index (χ2n) is 6.43. The number of fused-ring (bicyclic) bond motifs is 1. The molecule has 2 aromatic carbocycles. The molecule has 0 spiro atoms. The largest absolute Gasteiger partial charge is 0.482 e. The third-order valence-electron chi connectivity index (χ3n) is 4.51. The molecule has 8 nitrogen and oxygen atoms in total. The predicted octanol–water partition coefficient (Wildman–Crippen LogP) is 2.79. The molecule has 0 saturated heterocycles. The van der Waals surface area contributed by atoms with Crippen molar-refractivity contribution in [2.75, 3.05) is 26.5 Å². The molecular weight excluding hydrogens is 432 g/mol. The van der Waals surface area contributed by atoms with Gasteiger partial charge in [0.2, 0.25) is 16.8 Å². The minimum absolute atomic E-state index is 0.0673. The molecule has 0 aromatic heterocycles. The van der Waals surface area contributed by atoms with E-state index in [1.54, 1.807) is 26.0 Å². The molecule has 1 amide bonds. The number of ether oxygens (including phenoxy) is 3. The molecule has 0 radical (unpaired) electrons. The molecule has 0 unspecified atom stereocenters. The van der Waals surface area contributed by atoms with E-state index in [1.807, 2.05) is 6.07 Å². The molecule has 0 bridgehead atoms. The molecule has 10 heteroatoms. The van der Waals surface area contributed by atoms with Crippen molar-refractivity contribution in [3.63, 3.8) is 0 Å². The van der Waals surface area contributed by atoms with E-state index in [9.17, 15) is 13.2 Å². The fourth-order valence-corrected chi connectivity index (χ4v) is 4.80. The van der Waals surface area contributed by atoms with Gasteiger partial charge in [0.15, 0.2) is 18.1 Å². The van der Waals surface area contributed by atoms with Crippen molar-refractivity contribution < 1.29 is 27.4 Å². The minimum atomic E-state index is -3.80. The molecule has 0 atom stereocenters. The fraction of sp³-hybridized carbons (Fsp3) is 0.350. The van der Waals surface area contributed by atoms with E-state index in [-0.39, 0.29) is 35.6 Å². The van der Waals surface area contributed by atoms with Crippen LogP contribution in [0.25, 0.3) is 0 Å². The van der Waals surface area contributed by atoms with Gasteiger partial charge in [0, 0.05) is 24.7 Å². The zero-order valence-electron chi connectivity index (χ0n) is 16.7. The molecule has 2 aromatic rings. The fourth-order valence-electron chi connectivity index (χ4n) is 2.95. The van der Waals surface area contributed by atoms with Crippen LogP contribution in [0.1, 0.15) is 19.4 Å². The highest BCUT2D eigenvalue weighted by molar-refractivity contribution is 7.89. The number of benzene rings is 2. The molecular formula is C20H23ClN2O6S. The smallest absolute Gasteiger partial charge is 0.258 e. The zero-order chi connectivity index (χ0) is 21.7. The lowest BCUT2D eigenvalue weighted by Crippen LogP contribution is -2.32. The number of halogens is 1. The Labute approximate surface area is 180 Å². The number of nitrogens with zero attached hydrogens (tertiary/aromatic N) is 1. The summed E-state index contributed by atoms with van der Waals surface area (Å²) in [5.74, 6) is 0.974. The second-order valence-corrected chi connectivity index (χ2v) is 8.78. The van der Waals surface area contributed by atoms with Gasteiger partial charge in [-0.05, 0) is 35.9 Å². The lowest BCUT2D eigenvalue weighted by Gasteiger charge is -2.20. The first-order chi connectivity index (χ1) is 14.3. The lowest BCUT2D eigenvalue weighted by atomic mass is 10.2. The quantitative estimate of drug-likeness (QED) is 0.626. The highest BCUT2D eigenvalue weighted by Gasteiger charge is 2.26. The molecule has 0 aliphatic carbocycles. The summed E-state index contributed by atoms with van der Waals surface area (Å²) < 4.78 is 43.1. The maximum absolute atomic E-state index is 12.9. The Hall–Kier alpha value is -2.49. The van der Waals surface area contributed by atoms with Crippen molar-refractivity contribution in [2.24, 2.45) is 0 Å². The zero-order valence-corrected chi connectivity index (χ0v) is 18.3. The number of carbonyl (C=O) groups excluding carboxylic acids is 1. The monoisotopic (exact) mass is 454 g/mol. The van der Waals surface area contributed by atoms with Crippen molar-refractivity contribution in [2.45, 2.75) is 25.3 Å². The van der Waals surface area contributed by atoms with Gasteiger partial charge in [0.05, 0.1) is 0 Å². The molecule has 0 saturated carbocycles. The summed E-state index contributed by atoms with van der Waals surface area (Å²) in [5.41, 5.74) is 0.837. The van der Waals surface area contributed by atoms with Crippen LogP contribution in [0.5, 0.6) is 17.2 Å². The third-order valence-corrected chi connectivity index (χ3v) is 6.82. The van der Waals surface area contributed by atoms with Crippen LogP contribution in [0.3, 0.4) is 0 Å². The lowest BCUT2D eigenvalue weighted by molar-refractivity contribution is -0.123. The summed E-state index contributed by atoms with van der Waals surface area (Å²) in [6.45, 7) is 4.21. The van der Waals surface area contributed by atoms with Crippen LogP contribution < -0.4 is 19.5 Å². The summed E-state index contributed by atoms with van der Waals surface area (Å²) in [6.07, 6.45) is 0. The van der Waals surface area contributed by atoms with Gasteiger partial charge in [0.1, 0.15) is 10.6 Å². The van der Waals surface area contributed by atoms with Crippen LogP contribution >= 0.6 is 11.6 Å². The first kappa shape index (κ1) is 22.2. The number of amides is 1. The molecule has 30 heavy (non-hydrogen) atoms. The van der Waals surface area contributed by atoms with Crippen molar-refractivity contribution in [3.8, 4) is 17.2 Å².